The van der Waals surface area contributed by atoms with Crippen LogP contribution in [0.15, 0.2) is 18.2 Å². The van der Waals surface area contributed by atoms with Crippen LogP contribution in [-0.2, 0) is 4.74 Å². The van der Waals surface area contributed by atoms with Crippen molar-refractivity contribution >= 4 is 23.2 Å². The third kappa shape index (κ3) is 4.18. The predicted molar refractivity (Wildman–Crippen MR) is 71.5 cm³/mol. The van der Waals surface area contributed by atoms with E-state index in [1.165, 1.54) is 19.2 Å². The Morgan fingerprint density at radius 1 is 1.58 bits per heavy atom. The SMILES string of the molecule is CCC(COC)NC(=O)c1cc([N+](=O)[O-])ccc1Cl. The van der Waals surface area contributed by atoms with Gasteiger partial charge in [0, 0.05) is 19.2 Å². The van der Waals surface area contributed by atoms with Crippen molar-refractivity contribution in [1.29, 1.82) is 0 Å². The summed E-state index contributed by atoms with van der Waals surface area (Å²) in [4.78, 5) is 22.1. The highest BCUT2D eigenvalue weighted by molar-refractivity contribution is 6.33. The number of benzene rings is 1. The van der Waals surface area contributed by atoms with Crippen LogP contribution in [0.1, 0.15) is 23.7 Å². The van der Waals surface area contributed by atoms with Crippen molar-refractivity contribution in [3.63, 3.8) is 0 Å². The van der Waals surface area contributed by atoms with Gasteiger partial charge >= 0.3 is 0 Å². The van der Waals surface area contributed by atoms with Crippen molar-refractivity contribution in [3.05, 3.63) is 38.9 Å². The quantitative estimate of drug-likeness (QED) is 0.643. The molecule has 1 aromatic rings. The summed E-state index contributed by atoms with van der Waals surface area (Å²) in [5.41, 5.74) is -0.0836. The summed E-state index contributed by atoms with van der Waals surface area (Å²) in [7, 11) is 1.54. The van der Waals surface area contributed by atoms with Gasteiger partial charge in [-0.25, -0.2) is 0 Å². The zero-order valence-corrected chi connectivity index (χ0v) is 11.4. The van der Waals surface area contributed by atoms with Crippen molar-refractivity contribution in [2.24, 2.45) is 0 Å². The molecule has 0 spiro atoms. The molecule has 0 bridgehead atoms. The minimum Gasteiger partial charge on any atom is -0.383 e. The zero-order chi connectivity index (χ0) is 14.4. The van der Waals surface area contributed by atoms with Gasteiger partial charge in [-0.1, -0.05) is 18.5 Å². The lowest BCUT2D eigenvalue weighted by Crippen LogP contribution is -2.37. The number of halogens is 1. The summed E-state index contributed by atoms with van der Waals surface area (Å²) < 4.78 is 4.97. The first kappa shape index (κ1) is 15.4. The second-order valence-corrected chi connectivity index (χ2v) is 4.36. The zero-order valence-electron chi connectivity index (χ0n) is 10.7. The molecule has 104 valence electrons. The number of nitro groups is 1. The summed E-state index contributed by atoms with van der Waals surface area (Å²) in [5, 5.41) is 13.6. The second-order valence-electron chi connectivity index (χ2n) is 3.96. The number of carbonyl (C=O) groups is 1. The summed E-state index contributed by atoms with van der Waals surface area (Å²) in [6.07, 6.45) is 0.687. The molecule has 0 heterocycles. The van der Waals surface area contributed by atoms with Crippen molar-refractivity contribution in [1.82, 2.24) is 5.32 Å². The first-order valence-corrected chi connectivity index (χ1v) is 6.11. The fourth-order valence-electron chi connectivity index (χ4n) is 1.53. The molecule has 0 aliphatic rings. The first-order valence-electron chi connectivity index (χ1n) is 5.73. The molecule has 0 fully saturated rings. The minimum absolute atomic E-state index is 0.0884. The average Bonchev–Trinajstić information content (AvgIpc) is 2.38. The van der Waals surface area contributed by atoms with E-state index in [1.807, 2.05) is 6.92 Å². The van der Waals surface area contributed by atoms with Crippen LogP contribution in [0.2, 0.25) is 5.02 Å². The molecule has 0 saturated heterocycles. The number of hydrogen-bond donors (Lipinski definition) is 1. The molecular weight excluding hydrogens is 272 g/mol. The number of nitrogens with zero attached hydrogens (tertiary/aromatic N) is 1. The van der Waals surface area contributed by atoms with E-state index in [-0.39, 0.29) is 22.3 Å². The van der Waals surface area contributed by atoms with Crippen LogP contribution in [0, 0.1) is 10.1 Å². The normalized spacial score (nSPS) is 11.9. The predicted octanol–water partition coefficient (Wildman–Crippen LogP) is 2.40. The molecule has 1 aromatic carbocycles. The number of methoxy groups -OCH3 is 1. The van der Waals surface area contributed by atoms with Gasteiger partial charge in [0.05, 0.1) is 28.2 Å². The lowest BCUT2D eigenvalue weighted by atomic mass is 10.1. The van der Waals surface area contributed by atoms with E-state index in [0.717, 1.165) is 6.07 Å². The molecule has 19 heavy (non-hydrogen) atoms. The smallest absolute Gasteiger partial charge is 0.270 e. The Kier molecular flexibility index (Phi) is 5.72. The summed E-state index contributed by atoms with van der Waals surface area (Å²) >= 11 is 5.88. The molecule has 7 heteroatoms. The Balaban J connectivity index is 2.92. The monoisotopic (exact) mass is 286 g/mol. The molecule has 6 nitrogen and oxygen atoms in total. The van der Waals surface area contributed by atoms with Gasteiger partial charge in [0.1, 0.15) is 0 Å². The second kappa shape index (κ2) is 7.06. The maximum Gasteiger partial charge on any atom is 0.270 e. The van der Waals surface area contributed by atoms with Gasteiger partial charge < -0.3 is 10.1 Å². The van der Waals surface area contributed by atoms with Crippen LogP contribution >= 0.6 is 11.6 Å². The maximum atomic E-state index is 12.0. The first-order chi connectivity index (χ1) is 8.99. The van der Waals surface area contributed by atoms with Crippen LogP contribution in [0.3, 0.4) is 0 Å². The van der Waals surface area contributed by atoms with Crippen LogP contribution < -0.4 is 5.32 Å². The Hall–Kier alpha value is -1.66. The van der Waals surface area contributed by atoms with Crippen LogP contribution in [0.5, 0.6) is 0 Å². The number of nitro benzene ring substituents is 1. The topological polar surface area (TPSA) is 81.5 Å². The Bertz CT molecular complexity index is 479. The van der Waals surface area contributed by atoms with Gasteiger partial charge in [-0.15, -0.1) is 0 Å². The standard InChI is InChI=1S/C12H15ClN2O4/c1-3-8(7-19-2)14-12(16)10-6-9(15(17)18)4-5-11(10)13/h4-6,8H,3,7H2,1-2H3,(H,14,16). The third-order valence-electron chi connectivity index (χ3n) is 2.60. The highest BCUT2D eigenvalue weighted by Gasteiger charge is 2.18. The summed E-state index contributed by atoms with van der Waals surface area (Å²) in [5.74, 6) is -0.447. The largest absolute Gasteiger partial charge is 0.383 e. The third-order valence-corrected chi connectivity index (χ3v) is 2.93. The molecule has 0 radical (unpaired) electrons. The van der Waals surface area contributed by atoms with Crippen molar-refractivity contribution < 1.29 is 14.5 Å². The van der Waals surface area contributed by atoms with Gasteiger partial charge in [0.2, 0.25) is 0 Å². The van der Waals surface area contributed by atoms with E-state index in [4.69, 9.17) is 16.3 Å². The van der Waals surface area contributed by atoms with E-state index in [1.54, 1.807) is 0 Å². The van der Waals surface area contributed by atoms with Gasteiger partial charge in [0.15, 0.2) is 0 Å². The number of nitrogens with one attached hydrogen (secondary N) is 1. The van der Waals surface area contributed by atoms with E-state index in [9.17, 15) is 14.9 Å². The molecule has 1 amide bonds. The van der Waals surface area contributed by atoms with E-state index in [2.05, 4.69) is 5.32 Å². The fraction of sp³-hybridized carbons (Fsp3) is 0.417. The molecule has 1 rings (SSSR count). The van der Waals surface area contributed by atoms with Crippen molar-refractivity contribution in [2.45, 2.75) is 19.4 Å². The average molecular weight is 287 g/mol. The number of non-ortho nitro benzene ring substituents is 1. The molecule has 0 saturated carbocycles. The minimum atomic E-state index is -0.570. The lowest BCUT2D eigenvalue weighted by Gasteiger charge is -2.16. The highest BCUT2D eigenvalue weighted by atomic mass is 35.5. The number of amides is 1. The summed E-state index contributed by atoms with van der Waals surface area (Å²) in [6, 6.07) is 3.60. The van der Waals surface area contributed by atoms with Crippen LogP contribution in [-0.4, -0.2) is 30.6 Å². The van der Waals surface area contributed by atoms with Gasteiger partial charge in [-0.2, -0.15) is 0 Å². The molecule has 1 unspecified atom stereocenters. The van der Waals surface area contributed by atoms with Gasteiger partial charge in [-0.3, -0.25) is 14.9 Å². The summed E-state index contributed by atoms with van der Waals surface area (Å²) in [6.45, 7) is 2.27. The Labute approximate surface area is 115 Å². The van der Waals surface area contributed by atoms with Gasteiger partial charge in [-0.05, 0) is 12.5 Å². The Morgan fingerprint density at radius 3 is 2.79 bits per heavy atom. The fourth-order valence-corrected chi connectivity index (χ4v) is 1.73. The number of carbonyl (C=O) groups excluding carboxylic acids is 1. The molecule has 0 aliphatic heterocycles. The van der Waals surface area contributed by atoms with E-state index < -0.39 is 10.8 Å². The molecule has 0 aromatic heterocycles. The van der Waals surface area contributed by atoms with E-state index in [0.29, 0.717) is 13.0 Å². The van der Waals surface area contributed by atoms with Crippen LogP contribution in [0.25, 0.3) is 0 Å². The van der Waals surface area contributed by atoms with E-state index >= 15 is 0 Å². The molecule has 0 aliphatic carbocycles. The Morgan fingerprint density at radius 2 is 2.26 bits per heavy atom. The molecular formula is C12H15ClN2O4. The van der Waals surface area contributed by atoms with Crippen molar-refractivity contribution in [2.75, 3.05) is 13.7 Å². The van der Waals surface area contributed by atoms with Gasteiger partial charge in [0.25, 0.3) is 11.6 Å². The van der Waals surface area contributed by atoms with Crippen molar-refractivity contribution in [3.8, 4) is 0 Å². The molecule has 1 N–H and O–H groups in total. The number of ether oxygens (including phenoxy) is 1. The number of rotatable bonds is 6. The molecule has 1 atom stereocenters. The highest BCUT2D eigenvalue weighted by Crippen LogP contribution is 2.22. The van der Waals surface area contributed by atoms with Crippen LogP contribution in [0.4, 0.5) is 5.69 Å². The lowest BCUT2D eigenvalue weighted by molar-refractivity contribution is -0.384. The number of hydrogen-bond acceptors (Lipinski definition) is 4. The maximum absolute atomic E-state index is 12.0.